The molecule has 26 nitrogen and oxygen atoms in total. The van der Waals surface area contributed by atoms with Gasteiger partial charge in [0, 0.05) is 44.6 Å². The Hall–Kier alpha value is -4.96. The van der Waals surface area contributed by atoms with Crippen molar-refractivity contribution in [3.8, 4) is 0 Å². The first-order valence-corrected chi connectivity index (χ1v) is 27.5. The average molecular weight is 1150 g/mol. The maximum absolute atomic E-state index is 14.2. The molecule has 0 spiro atoms. The van der Waals surface area contributed by atoms with Crippen molar-refractivity contribution < 1.29 is 91.8 Å². The van der Waals surface area contributed by atoms with E-state index in [4.69, 9.17) is 42.6 Å². The molecule has 0 aromatic rings. The minimum atomic E-state index is -1.92. The summed E-state index contributed by atoms with van der Waals surface area (Å²) < 4.78 is 53.2. The second-order valence-electron chi connectivity index (χ2n) is 26.3. The van der Waals surface area contributed by atoms with Crippen LogP contribution < -0.4 is 26.6 Å². The quantitative estimate of drug-likeness (QED) is 0.0587. The van der Waals surface area contributed by atoms with Gasteiger partial charge in [0.2, 0.25) is 12.2 Å². The molecular formula is C54H95N7O19. The molecule has 2 saturated carbocycles. The average Bonchev–Trinajstić information content (AvgIpc) is 4.05. The molecule has 2 aliphatic heterocycles. The Kier molecular flexibility index (Phi) is 23.1. The predicted octanol–water partition coefficient (Wildman–Crippen LogP) is 3.50. The molecule has 6 amide bonds. The van der Waals surface area contributed by atoms with Crippen molar-refractivity contribution in [2.45, 2.75) is 232 Å². The van der Waals surface area contributed by atoms with Crippen LogP contribution in [0, 0.1) is 11.3 Å². The fraction of sp³-hybridized carbons (Fsp3) is 0.852. The smallest absolute Gasteiger partial charge is 0.410 e. The van der Waals surface area contributed by atoms with Gasteiger partial charge in [-0.2, -0.15) is 0 Å². The van der Waals surface area contributed by atoms with E-state index in [2.05, 4.69) is 26.6 Å². The van der Waals surface area contributed by atoms with Crippen molar-refractivity contribution in [2.24, 2.45) is 11.3 Å². The van der Waals surface area contributed by atoms with Crippen LogP contribution in [-0.4, -0.2) is 215 Å². The zero-order valence-corrected chi connectivity index (χ0v) is 50.1. The highest BCUT2D eigenvalue weighted by Gasteiger charge is 2.52. The topological polar surface area (TPSA) is 333 Å². The van der Waals surface area contributed by atoms with E-state index in [1.165, 1.54) is 18.9 Å². The number of rotatable bonds is 21. The Balaban J connectivity index is 1.73. The van der Waals surface area contributed by atoms with Gasteiger partial charge in [-0.05, 0) is 143 Å². The van der Waals surface area contributed by atoms with Crippen molar-refractivity contribution in [2.75, 3.05) is 53.0 Å². The van der Waals surface area contributed by atoms with Crippen LogP contribution in [0.3, 0.4) is 0 Å². The van der Waals surface area contributed by atoms with Gasteiger partial charge in [0.25, 0.3) is 0 Å². The number of likely N-dealkylation sites (N-methyl/N-ethyl adjacent to an activating group) is 1. The van der Waals surface area contributed by atoms with Gasteiger partial charge in [0.1, 0.15) is 64.3 Å². The van der Waals surface area contributed by atoms with Gasteiger partial charge < -0.3 is 99.4 Å². The van der Waals surface area contributed by atoms with Crippen LogP contribution in [-0.2, 0) is 47.4 Å². The molecule has 4 rings (SSSR count). The van der Waals surface area contributed by atoms with Crippen LogP contribution in [0.5, 0.6) is 0 Å². The largest absolute Gasteiger partial charge is 0.466 e. The van der Waals surface area contributed by atoms with Crippen LogP contribution in [0.25, 0.3) is 0 Å². The molecular weight excluding hydrogens is 1050 g/mol. The molecule has 80 heavy (non-hydrogen) atoms. The molecule has 3 fully saturated rings. The number of nitrogens with zero attached hydrogens (tertiary/aromatic N) is 2. The van der Waals surface area contributed by atoms with Crippen LogP contribution >= 0.6 is 0 Å². The second kappa shape index (κ2) is 27.4. The highest BCUT2D eigenvalue weighted by Crippen LogP contribution is 2.44. The van der Waals surface area contributed by atoms with Gasteiger partial charge in [0.05, 0.1) is 43.9 Å². The van der Waals surface area contributed by atoms with E-state index in [1.807, 2.05) is 0 Å². The summed E-state index contributed by atoms with van der Waals surface area (Å²) in [5, 5.41) is 60.7. The molecule has 2 aliphatic carbocycles. The fourth-order valence-electron chi connectivity index (χ4n) is 8.71. The molecule has 1 saturated heterocycles. The van der Waals surface area contributed by atoms with Crippen molar-refractivity contribution in [3.05, 3.63) is 11.8 Å². The molecule has 2 heterocycles. The minimum Gasteiger partial charge on any atom is -0.466 e. The first-order valence-electron chi connectivity index (χ1n) is 27.5. The van der Waals surface area contributed by atoms with Crippen LogP contribution in [0.2, 0.25) is 0 Å². The molecule has 9 N–H and O–H groups in total. The van der Waals surface area contributed by atoms with Crippen LogP contribution in [0.15, 0.2) is 11.8 Å². The van der Waals surface area contributed by atoms with Gasteiger partial charge in [-0.3, -0.25) is 4.79 Å². The fourth-order valence-corrected chi connectivity index (χ4v) is 8.71. The van der Waals surface area contributed by atoms with Crippen molar-refractivity contribution in [1.82, 2.24) is 36.4 Å². The van der Waals surface area contributed by atoms with E-state index >= 15 is 0 Å². The van der Waals surface area contributed by atoms with Crippen molar-refractivity contribution in [3.63, 3.8) is 0 Å². The van der Waals surface area contributed by atoms with E-state index in [1.54, 1.807) is 110 Å². The molecule has 0 aromatic carbocycles. The Morgan fingerprint density at radius 1 is 0.738 bits per heavy atom. The van der Waals surface area contributed by atoms with Crippen molar-refractivity contribution in [1.29, 1.82) is 0 Å². The summed E-state index contributed by atoms with van der Waals surface area (Å²) >= 11 is 0. The van der Waals surface area contributed by atoms with E-state index < -0.39 is 151 Å². The van der Waals surface area contributed by atoms with E-state index in [9.17, 15) is 49.2 Å². The summed E-state index contributed by atoms with van der Waals surface area (Å²) in [6.07, 6.45) is -12.3. The molecule has 0 radical (unpaired) electrons. The van der Waals surface area contributed by atoms with E-state index in [-0.39, 0.29) is 37.9 Å². The number of amides is 6. The standard InChI is InChI=1S/C54H95N7O19/c1-30(60(17)47(70)79-52(11,12)13)36(63)43(72-23-22-62)75-39-34(57-41(66)37(64)31-26-61(27-31)48(71)80-53(14,15)16)24-35(59-46(69)78-51(8,9)10)40(38(39)65)74-42-33(58-45(68)77-50(5,6)7)19-18-32(73-42)25-55-28-54(20-21-54)29-56-44(67)76-49(2,3)4/h18,30-31,33-40,42-43,55,62-65H,19-29H2,1-17H3,(H,56,67)(H,57,66)(H,58,68)(H,59,69)/t30-,33+,34+,35-,36+,37?,38+,39-,40+,42+,43+/m0/s1. The van der Waals surface area contributed by atoms with Gasteiger partial charge in [-0.1, -0.05) is 0 Å². The Morgan fingerprint density at radius 3 is 1.79 bits per heavy atom. The number of hydrogen-bond acceptors (Lipinski definition) is 20. The molecule has 4 aliphatic rings. The Labute approximate surface area is 471 Å². The van der Waals surface area contributed by atoms with Crippen molar-refractivity contribution >= 4 is 36.4 Å². The highest BCUT2D eigenvalue weighted by molar-refractivity contribution is 5.82. The first kappa shape index (κ1) is 67.5. The molecule has 460 valence electrons. The zero-order chi connectivity index (χ0) is 60.5. The maximum atomic E-state index is 14.2. The number of carbonyl (C=O) groups excluding carboxylic acids is 6. The zero-order valence-electron chi connectivity index (χ0n) is 50.1. The maximum Gasteiger partial charge on any atom is 0.410 e. The highest BCUT2D eigenvalue weighted by atomic mass is 16.7. The summed E-state index contributed by atoms with van der Waals surface area (Å²) in [5.41, 5.74) is -4.54. The Morgan fingerprint density at radius 2 is 1.26 bits per heavy atom. The summed E-state index contributed by atoms with van der Waals surface area (Å²) in [7, 11) is 1.38. The number of aliphatic hydroxyl groups excluding tert-OH is 4. The van der Waals surface area contributed by atoms with E-state index in [0.29, 0.717) is 18.8 Å². The lowest BCUT2D eigenvalue weighted by Crippen LogP contribution is -2.69. The summed E-state index contributed by atoms with van der Waals surface area (Å²) in [6.45, 7) is 26.9. The number of aliphatic hydroxyl groups is 4. The number of hydrogen-bond donors (Lipinski definition) is 9. The number of carbonyl (C=O) groups is 6. The molecule has 0 bridgehead atoms. The summed E-state index contributed by atoms with van der Waals surface area (Å²) in [4.78, 5) is 82.3. The lowest BCUT2D eigenvalue weighted by atomic mass is 9.82. The second-order valence-corrected chi connectivity index (χ2v) is 26.3. The van der Waals surface area contributed by atoms with Gasteiger partial charge >= 0.3 is 30.5 Å². The number of alkyl carbamates (subject to hydrolysis) is 3. The third-order valence-electron chi connectivity index (χ3n) is 13.0. The third-order valence-corrected chi connectivity index (χ3v) is 13.0. The predicted molar refractivity (Wildman–Crippen MR) is 289 cm³/mol. The summed E-state index contributed by atoms with van der Waals surface area (Å²) in [5.74, 6) is -1.31. The monoisotopic (exact) mass is 1150 g/mol. The number of ether oxygens (including phenoxy) is 9. The van der Waals surface area contributed by atoms with E-state index in [0.717, 1.165) is 17.7 Å². The van der Waals surface area contributed by atoms with Crippen LogP contribution in [0.1, 0.15) is 136 Å². The lowest BCUT2D eigenvalue weighted by Gasteiger charge is -2.48. The molecule has 0 aromatic heterocycles. The molecule has 26 heteroatoms. The van der Waals surface area contributed by atoms with Gasteiger partial charge in [-0.25, -0.2) is 24.0 Å². The van der Waals surface area contributed by atoms with Crippen LogP contribution in [0.4, 0.5) is 24.0 Å². The SMILES string of the molecule is C[C@@H]([C@@H](O)[C@H](OCCO)O[C@@H]1[C@@H](O)[C@H](O[C@H]2OC(CNCC3(CNC(=O)OC(C)(C)C)CC3)=CC[C@H]2NC(=O)OC(C)(C)C)[C@@H](NC(=O)OC(C)(C)C)C[C@H]1NC(=O)C(O)C1CN(C(=O)OC(C)(C)C)C1)N(C)C(=O)OC(C)(C)C. The normalized spacial score (nSPS) is 24.9. The first-order chi connectivity index (χ1) is 36.7. The summed E-state index contributed by atoms with van der Waals surface area (Å²) in [6, 6.07) is -4.74. The van der Waals surface area contributed by atoms with Gasteiger partial charge in [0.15, 0.2) is 6.29 Å². The minimum absolute atomic E-state index is 0.0280. The number of likely N-dealkylation sites (tertiary alicyclic amines) is 1. The number of nitrogens with one attached hydrogen (secondary N) is 5. The van der Waals surface area contributed by atoms with Gasteiger partial charge in [-0.15, -0.1) is 0 Å². The molecule has 11 atom stereocenters. The Bertz CT molecular complexity index is 2120. The lowest BCUT2D eigenvalue weighted by molar-refractivity contribution is -0.276. The third kappa shape index (κ3) is 22.1. The molecule has 1 unspecified atom stereocenters.